The second kappa shape index (κ2) is 50.3. The Bertz CT molecular complexity index is 4670. The molecule has 2 saturated heterocycles. The molecule has 5 heterocycles. The highest BCUT2D eigenvalue weighted by molar-refractivity contribution is 8.00. The van der Waals surface area contributed by atoms with Crippen LogP contribution in [0.4, 0.5) is 0 Å². The van der Waals surface area contributed by atoms with Crippen LogP contribution >= 0.6 is 11.8 Å². The normalized spacial score (nSPS) is 23.8. The lowest BCUT2D eigenvalue weighted by molar-refractivity contribution is -0.149. The Morgan fingerprint density at radius 2 is 1.18 bits per heavy atom. The number of carbonyl (C=O) groups excluding carboxylic acids is 17. The number of hydrogen-bond acceptors (Lipinski definition) is 22. The maximum absolute atomic E-state index is 15.4. The van der Waals surface area contributed by atoms with Gasteiger partial charge in [0.25, 0.3) is 0 Å². The van der Waals surface area contributed by atoms with Gasteiger partial charge in [0.05, 0.1) is 50.2 Å². The van der Waals surface area contributed by atoms with E-state index in [4.69, 9.17) is 22.6 Å². The van der Waals surface area contributed by atoms with Crippen molar-refractivity contribution < 1.29 is 86.6 Å². The van der Waals surface area contributed by atoms with Crippen LogP contribution < -0.4 is 75.7 Å². The van der Waals surface area contributed by atoms with Gasteiger partial charge in [0.15, 0.2) is 5.96 Å². The minimum absolute atomic E-state index is 0.00129. The average molecular weight is 1800 g/mol. The quantitative estimate of drug-likeness (QED) is 0.0143. The lowest BCUT2D eigenvalue weighted by atomic mass is 10.0. The maximum Gasteiger partial charge on any atom is 0.246 e. The van der Waals surface area contributed by atoms with Gasteiger partial charge in [0.2, 0.25) is 100 Å². The number of fused-ring (bicyclic) bond motifs is 2. The number of rotatable bonds is 26. The zero-order chi connectivity index (χ0) is 94.0. The number of carbonyl (C=O) groups is 17. The third-order valence-electron chi connectivity index (χ3n) is 22.0. The van der Waals surface area contributed by atoms with Gasteiger partial charge in [-0.1, -0.05) is 102 Å². The first-order valence-electron chi connectivity index (χ1n) is 42.6. The molecule has 2 aromatic carbocycles. The van der Waals surface area contributed by atoms with Crippen molar-refractivity contribution >= 4 is 129 Å². The summed E-state index contributed by atoms with van der Waals surface area (Å²) in [5.41, 5.74) is 19.0. The predicted octanol–water partition coefficient (Wildman–Crippen LogP) is -3.90. The van der Waals surface area contributed by atoms with E-state index in [0.29, 0.717) is 53.4 Å². The van der Waals surface area contributed by atoms with Crippen LogP contribution in [0.1, 0.15) is 134 Å². The molecule has 44 heteroatoms. The number of nitrogens with one attached hydrogen (secondary N) is 15. The van der Waals surface area contributed by atoms with E-state index in [1.165, 1.54) is 60.2 Å². The maximum atomic E-state index is 15.4. The number of unbranched alkanes of at least 4 members (excludes halogenated alkanes) is 2. The minimum Gasteiger partial charge on any atom is -0.394 e. The van der Waals surface area contributed by atoms with Gasteiger partial charge in [0, 0.05) is 108 Å². The molecule has 3 aromatic heterocycles. The molecule has 128 heavy (non-hydrogen) atoms. The second-order valence-electron chi connectivity index (χ2n) is 32.4. The smallest absolute Gasteiger partial charge is 0.246 e. The number of likely N-dealkylation sites (N-methyl/N-ethyl adjacent to an activating group) is 4. The first-order valence-corrected chi connectivity index (χ1v) is 43.8. The molecule has 0 unspecified atom stereocenters. The van der Waals surface area contributed by atoms with Gasteiger partial charge in [-0.05, 0) is 75.0 Å². The summed E-state index contributed by atoms with van der Waals surface area (Å²) in [6, 6.07) is -4.25. The van der Waals surface area contributed by atoms with E-state index >= 15 is 14.4 Å². The molecule has 698 valence electrons. The van der Waals surface area contributed by atoms with E-state index in [0.717, 1.165) is 36.3 Å². The Kier molecular flexibility index (Phi) is 40.1. The fourth-order valence-electron chi connectivity index (χ4n) is 14.9. The molecule has 0 radical (unpaired) electrons. The lowest BCUT2D eigenvalue weighted by Gasteiger charge is -2.36. The SMILES string of the molecule is CCCC[C@H]1C(=O)N(C)[C@@H](CCCC)C(=O)N[C@@H](CCCNC(=N)N)C(=O)N[C@H](C(=O)NCC(N)=O)CSCC(=O)N[C@@H](Cc2ccccc2)C(=O)N(C)[C@@H](C)C(=O)N[C@@H](CC(N)=O)C(=O)N2CCC[C@H]2C(=O)N[C@@H](Cc2cnc[nH]2)C(=O)N[C@@H](CC(C)C)C(=O)N(C)CC(=O)N[C@@H](Cc2c[nH]c3ccccc23)C(=O)N[C@@H](CO)C(=O)N[C@@H](Cc2c[nH]cn2)C(=O)N1C. The molecule has 2 fully saturated rings. The van der Waals surface area contributed by atoms with Crippen LogP contribution in [0.5, 0.6) is 0 Å². The number of H-pyrrole nitrogens is 3. The van der Waals surface area contributed by atoms with Gasteiger partial charge < -0.3 is 120 Å². The van der Waals surface area contributed by atoms with E-state index in [9.17, 15) is 72.2 Å². The fraction of sp³-hybridized carbons (Fsp3) is 0.548. The number of para-hydroxylation sites is 1. The van der Waals surface area contributed by atoms with Crippen LogP contribution in [0.3, 0.4) is 0 Å². The molecule has 13 atom stereocenters. The number of primary amides is 2. The molecule has 0 saturated carbocycles. The Morgan fingerprint density at radius 1 is 0.578 bits per heavy atom. The summed E-state index contributed by atoms with van der Waals surface area (Å²) in [6.07, 6.45) is 7.03. The van der Waals surface area contributed by atoms with E-state index in [-0.39, 0.29) is 95.3 Å². The Labute approximate surface area is 745 Å². The van der Waals surface area contributed by atoms with Gasteiger partial charge in [-0.2, -0.15) is 0 Å². The van der Waals surface area contributed by atoms with Gasteiger partial charge >= 0.3 is 0 Å². The molecule has 22 N–H and O–H groups in total. The summed E-state index contributed by atoms with van der Waals surface area (Å²) in [4.78, 5) is 269. The number of thioether (sulfide) groups is 1. The van der Waals surface area contributed by atoms with Crippen molar-refractivity contribution in [2.24, 2.45) is 23.1 Å². The summed E-state index contributed by atoms with van der Waals surface area (Å²) < 4.78 is 0. The molecular formula is C84H123N25O18S. The third kappa shape index (κ3) is 30.6. The summed E-state index contributed by atoms with van der Waals surface area (Å²) in [5.74, 6) is -17.2. The number of aromatic amines is 3. The molecule has 7 rings (SSSR count). The average Bonchev–Trinajstić information content (AvgIpc) is 1.15. The van der Waals surface area contributed by atoms with E-state index in [1.807, 2.05) is 13.8 Å². The molecule has 0 bridgehead atoms. The molecule has 43 nitrogen and oxygen atoms in total. The summed E-state index contributed by atoms with van der Waals surface area (Å²) in [7, 11) is 5.19. The summed E-state index contributed by atoms with van der Waals surface area (Å²) in [5, 5.41) is 48.3. The standard InChI is InChI=1S/C84H123N25O18S/c1-10-12-26-64-77(121)98-55(25-19-29-91-84(87)88)73(117)104-63(72(116)93-40-68(86)112)43-128-44-70(114)97-59(32-49-21-15-14-16-22-49)80(124)106(7)48(5)71(115)100-61(36-67(85)111)82(126)109-30-20-28-65(109)78(122)99-57(34-51-38-89-45-94-51)75(119)101-58(31-47(3)4)79(123)105(6)41-69(113)96-56(33-50-37-92-54-24-18-17-23-53(50)54)74(118)103-62(42-110)76(120)102-60(35-52-39-90-46-95-52)81(125)108(9)66(27-13-11-2)83(127)107(64)8/h14-18,21-24,37-39,45-48,55-66,92,110H,10-13,19-20,25-36,40-44H2,1-9H3,(H2,85,111)(H2,86,112)(H,89,94)(H,90,95)(H,93,116)(H,96,113)(H,97,114)(H,98,121)(H,99,122)(H,100,115)(H,101,119)(H,102,120)(H,103,118)(H,104,117)(H4,87,88,91)/t48-,55-,56-,57-,58-,59-,60-,61-,62-,63-,64-,65-,66-/m0/s1. The van der Waals surface area contributed by atoms with Crippen LogP contribution in [0, 0.1) is 11.3 Å². The molecule has 2 aliphatic rings. The Morgan fingerprint density at radius 3 is 1.82 bits per heavy atom. The van der Waals surface area contributed by atoms with Crippen LogP contribution in [0.25, 0.3) is 10.9 Å². The van der Waals surface area contributed by atoms with Crippen molar-refractivity contribution in [2.75, 3.05) is 72.5 Å². The molecule has 2 aliphatic heterocycles. The van der Waals surface area contributed by atoms with Gasteiger partial charge in [0.1, 0.15) is 78.5 Å². The number of nitrogens with two attached hydrogens (primary N) is 3. The van der Waals surface area contributed by atoms with Gasteiger partial charge in [-0.3, -0.25) is 86.9 Å². The molecular weight excluding hydrogens is 1680 g/mol. The van der Waals surface area contributed by atoms with Crippen molar-refractivity contribution in [3.05, 3.63) is 108 Å². The number of nitrogens with zero attached hydrogens (tertiary/aromatic N) is 7. The van der Waals surface area contributed by atoms with E-state index in [2.05, 4.69) is 83.4 Å². The van der Waals surface area contributed by atoms with E-state index < -0.39 is 223 Å². The number of benzene rings is 2. The summed E-state index contributed by atoms with van der Waals surface area (Å²) >= 11 is 0.792. The fourth-order valence-corrected chi connectivity index (χ4v) is 15.7. The highest BCUT2D eigenvalue weighted by Gasteiger charge is 2.44. The molecule has 17 amide bonds. The van der Waals surface area contributed by atoms with Crippen molar-refractivity contribution in [3.63, 3.8) is 0 Å². The largest absolute Gasteiger partial charge is 0.394 e. The van der Waals surface area contributed by atoms with Gasteiger partial charge in [-0.25, -0.2) is 9.97 Å². The third-order valence-corrected chi connectivity index (χ3v) is 23.0. The number of aliphatic hydroxyl groups excluding tert-OH is 1. The first-order chi connectivity index (χ1) is 60.9. The molecule has 0 spiro atoms. The topological polar surface area (TPSA) is 634 Å². The highest BCUT2D eigenvalue weighted by Crippen LogP contribution is 2.25. The van der Waals surface area contributed by atoms with Crippen molar-refractivity contribution in [2.45, 2.75) is 216 Å². The number of amides is 17. The van der Waals surface area contributed by atoms with Crippen LogP contribution in [0.2, 0.25) is 0 Å². The number of aromatic nitrogens is 5. The van der Waals surface area contributed by atoms with Crippen molar-refractivity contribution in [1.82, 2.24) is 108 Å². The first kappa shape index (κ1) is 102. The highest BCUT2D eigenvalue weighted by atomic mass is 32.2. The molecule has 0 aliphatic carbocycles. The second-order valence-corrected chi connectivity index (χ2v) is 33.4. The van der Waals surface area contributed by atoms with Crippen molar-refractivity contribution in [3.8, 4) is 0 Å². The van der Waals surface area contributed by atoms with Crippen LogP contribution in [-0.2, 0) is 107 Å². The molecule has 5 aromatic rings. The summed E-state index contributed by atoms with van der Waals surface area (Å²) in [6.45, 7) is 5.89. The number of imidazole rings is 2. The Balaban J connectivity index is 1.28. The monoisotopic (exact) mass is 1800 g/mol. The van der Waals surface area contributed by atoms with Gasteiger partial charge in [-0.15, -0.1) is 11.8 Å². The van der Waals surface area contributed by atoms with Crippen LogP contribution in [0.15, 0.2) is 85.8 Å². The zero-order valence-corrected chi connectivity index (χ0v) is 74.4. The number of hydrogen-bond donors (Lipinski definition) is 19. The van der Waals surface area contributed by atoms with E-state index in [1.54, 1.807) is 74.6 Å². The van der Waals surface area contributed by atoms with Crippen LogP contribution in [-0.4, -0.2) is 312 Å². The Hall–Kier alpha value is -13.0. The lowest BCUT2D eigenvalue weighted by Crippen LogP contribution is -2.61. The predicted molar refractivity (Wildman–Crippen MR) is 470 cm³/mol. The van der Waals surface area contributed by atoms with Crippen molar-refractivity contribution in [1.29, 1.82) is 5.41 Å². The zero-order valence-electron chi connectivity index (χ0n) is 73.6. The number of aliphatic hydroxyl groups is 1. The minimum atomic E-state index is -1.85. The number of guanidine groups is 1.